The highest BCUT2D eigenvalue weighted by molar-refractivity contribution is 5.69. The fourth-order valence-corrected chi connectivity index (χ4v) is 2.59. The van der Waals surface area contributed by atoms with Gasteiger partial charge in [-0.05, 0) is 74.2 Å². The van der Waals surface area contributed by atoms with E-state index in [9.17, 15) is 4.79 Å². The summed E-state index contributed by atoms with van der Waals surface area (Å²) in [6, 6.07) is 7.50. The minimum atomic E-state index is -0.334. The van der Waals surface area contributed by atoms with Crippen molar-refractivity contribution in [1.82, 2.24) is 0 Å². The molecule has 0 fully saturated rings. The normalized spacial score (nSPS) is 10.3. The van der Waals surface area contributed by atoms with Gasteiger partial charge in [-0.3, -0.25) is 4.79 Å². The minimum absolute atomic E-state index is 0.334. The lowest BCUT2D eigenvalue weighted by atomic mass is 10.1. The van der Waals surface area contributed by atoms with Crippen molar-refractivity contribution in [2.45, 2.75) is 34.6 Å². The molecule has 0 unspecified atom stereocenters. The third kappa shape index (κ3) is 3.83. The first kappa shape index (κ1) is 16.9. The monoisotopic (exact) mass is 314 g/mol. The summed E-state index contributed by atoms with van der Waals surface area (Å²) in [6.07, 6.45) is 0. The summed E-state index contributed by atoms with van der Waals surface area (Å²) in [4.78, 5) is 11.1. The van der Waals surface area contributed by atoms with Gasteiger partial charge in [0.25, 0.3) is 0 Å². The van der Waals surface area contributed by atoms with Gasteiger partial charge >= 0.3 is 5.97 Å². The Balaban J connectivity index is 2.39. The fraction of sp³-hybridized carbons (Fsp3) is 0.316. The summed E-state index contributed by atoms with van der Waals surface area (Å²) in [5, 5.41) is 0. The lowest BCUT2D eigenvalue weighted by Gasteiger charge is -2.17. The van der Waals surface area contributed by atoms with E-state index in [4.69, 9.17) is 14.2 Å². The van der Waals surface area contributed by atoms with Crippen LogP contribution in [0.15, 0.2) is 24.3 Å². The number of carbonyl (C=O) groups excluding carboxylic acids is 1. The number of ether oxygens (including phenoxy) is 3. The highest BCUT2D eigenvalue weighted by Gasteiger charge is 2.13. The van der Waals surface area contributed by atoms with Crippen LogP contribution in [0.3, 0.4) is 0 Å². The van der Waals surface area contributed by atoms with E-state index in [0.717, 1.165) is 39.5 Å². The van der Waals surface area contributed by atoms with E-state index in [1.54, 1.807) is 19.2 Å². The Morgan fingerprint density at radius 3 is 1.52 bits per heavy atom. The molecular weight excluding hydrogens is 292 g/mol. The number of rotatable bonds is 4. The Kier molecular flexibility index (Phi) is 4.94. The lowest BCUT2D eigenvalue weighted by molar-refractivity contribution is -0.131. The maximum atomic E-state index is 11.1. The molecule has 2 aromatic rings. The van der Waals surface area contributed by atoms with Crippen LogP contribution in [-0.4, -0.2) is 13.1 Å². The second kappa shape index (κ2) is 6.73. The standard InChI is InChI=1S/C19H22O4/c1-11-7-16(21-6)8-12(2)18(11)23-19-13(3)9-17(10-14(19)4)22-15(5)20/h7-10H,1-6H3. The van der Waals surface area contributed by atoms with E-state index in [-0.39, 0.29) is 5.97 Å². The number of aryl methyl sites for hydroxylation is 4. The first-order valence-electron chi connectivity index (χ1n) is 7.44. The second-order valence-corrected chi connectivity index (χ2v) is 5.67. The molecule has 122 valence electrons. The molecule has 2 aromatic carbocycles. The van der Waals surface area contributed by atoms with Crippen molar-refractivity contribution in [3.8, 4) is 23.0 Å². The van der Waals surface area contributed by atoms with Crippen molar-refractivity contribution in [3.63, 3.8) is 0 Å². The number of methoxy groups -OCH3 is 1. The molecule has 4 heteroatoms. The van der Waals surface area contributed by atoms with Crippen molar-refractivity contribution in [1.29, 1.82) is 0 Å². The average molecular weight is 314 g/mol. The average Bonchev–Trinajstić information content (AvgIpc) is 2.44. The SMILES string of the molecule is COc1cc(C)c(Oc2c(C)cc(OC(C)=O)cc2C)c(C)c1. The Labute approximate surface area is 137 Å². The molecular formula is C19H22O4. The van der Waals surface area contributed by atoms with Crippen molar-refractivity contribution >= 4 is 5.97 Å². The van der Waals surface area contributed by atoms with E-state index in [1.165, 1.54) is 6.92 Å². The van der Waals surface area contributed by atoms with Gasteiger partial charge in [-0.2, -0.15) is 0 Å². The summed E-state index contributed by atoms with van der Waals surface area (Å²) < 4.78 is 16.6. The number of benzene rings is 2. The summed E-state index contributed by atoms with van der Waals surface area (Å²) >= 11 is 0. The van der Waals surface area contributed by atoms with Crippen LogP contribution in [0.2, 0.25) is 0 Å². The number of carbonyl (C=O) groups is 1. The van der Waals surface area contributed by atoms with E-state index in [1.807, 2.05) is 39.8 Å². The molecule has 0 aliphatic carbocycles. The summed E-state index contributed by atoms with van der Waals surface area (Å²) in [5.74, 6) is 2.60. The van der Waals surface area contributed by atoms with Crippen LogP contribution in [0.5, 0.6) is 23.0 Å². The molecule has 2 rings (SSSR count). The van der Waals surface area contributed by atoms with Crippen LogP contribution in [0.25, 0.3) is 0 Å². The number of hydrogen-bond donors (Lipinski definition) is 0. The minimum Gasteiger partial charge on any atom is -0.497 e. The van der Waals surface area contributed by atoms with Gasteiger partial charge in [0.15, 0.2) is 0 Å². The molecule has 0 aliphatic rings. The van der Waals surface area contributed by atoms with Gasteiger partial charge < -0.3 is 14.2 Å². The molecule has 23 heavy (non-hydrogen) atoms. The first-order valence-corrected chi connectivity index (χ1v) is 7.44. The van der Waals surface area contributed by atoms with Gasteiger partial charge in [-0.15, -0.1) is 0 Å². The molecule has 0 spiro atoms. The smallest absolute Gasteiger partial charge is 0.308 e. The molecule has 0 amide bonds. The van der Waals surface area contributed by atoms with Gasteiger partial charge in [-0.25, -0.2) is 0 Å². The van der Waals surface area contributed by atoms with Crippen LogP contribution in [0.1, 0.15) is 29.2 Å². The van der Waals surface area contributed by atoms with Crippen molar-refractivity contribution in [3.05, 3.63) is 46.5 Å². The predicted octanol–water partition coefficient (Wildman–Crippen LogP) is 4.65. The Morgan fingerprint density at radius 1 is 0.783 bits per heavy atom. The number of hydrogen-bond acceptors (Lipinski definition) is 4. The van der Waals surface area contributed by atoms with Gasteiger partial charge in [-0.1, -0.05) is 0 Å². The van der Waals surface area contributed by atoms with Crippen LogP contribution < -0.4 is 14.2 Å². The Morgan fingerprint density at radius 2 is 1.17 bits per heavy atom. The van der Waals surface area contributed by atoms with Crippen molar-refractivity contribution in [2.24, 2.45) is 0 Å². The van der Waals surface area contributed by atoms with E-state index >= 15 is 0 Å². The summed E-state index contributed by atoms with van der Waals surface area (Å²) in [6.45, 7) is 9.23. The zero-order valence-electron chi connectivity index (χ0n) is 14.4. The third-order valence-electron chi connectivity index (χ3n) is 3.57. The van der Waals surface area contributed by atoms with Crippen LogP contribution >= 0.6 is 0 Å². The van der Waals surface area contributed by atoms with Gasteiger partial charge in [0.1, 0.15) is 23.0 Å². The first-order chi connectivity index (χ1) is 10.8. The predicted molar refractivity (Wildman–Crippen MR) is 89.8 cm³/mol. The Bertz CT molecular complexity index is 701. The van der Waals surface area contributed by atoms with E-state index in [2.05, 4.69) is 0 Å². The molecule has 0 atom stereocenters. The quantitative estimate of drug-likeness (QED) is 0.609. The summed E-state index contributed by atoms with van der Waals surface area (Å²) in [5.41, 5.74) is 3.83. The molecule has 0 bridgehead atoms. The summed E-state index contributed by atoms with van der Waals surface area (Å²) in [7, 11) is 1.65. The van der Waals surface area contributed by atoms with Crippen LogP contribution in [0.4, 0.5) is 0 Å². The van der Waals surface area contributed by atoms with Gasteiger partial charge in [0.2, 0.25) is 0 Å². The fourth-order valence-electron chi connectivity index (χ4n) is 2.59. The molecule has 0 heterocycles. The van der Waals surface area contributed by atoms with Crippen LogP contribution in [0, 0.1) is 27.7 Å². The van der Waals surface area contributed by atoms with Crippen molar-refractivity contribution in [2.75, 3.05) is 7.11 Å². The lowest BCUT2D eigenvalue weighted by Crippen LogP contribution is -2.03. The third-order valence-corrected chi connectivity index (χ3v) is 3.57. The van der Waals surface area contributed by atoms with E-state index < -0.39 is 0 Å². The zero-order valence-corrected chi connectivity index (χ0v) is 14.4. The zero-order chi connectivity index (χ0) is 17.1. The molecule has 0 N–H and O–H groups in total. The largest absolute Gasteiger partial charge is 0.497 e. The molecule has 0 saturated heterocycles. The van der Waals surface area contributed by atoms with Gasteiger partial charge in [0.05, 0.1) is 7.11 Å². The molecule has 0 aliphatic heterocycles. The molecule has 0 saturated carbocycles. The molecule has 4 nitrogen and oxygen atoms in total. The van der Waals surface area contributed by atoms with E-state index in [0.29, 0.717) is 5.75 Å². The second-order valence-electron chi connectivity index (χ2n) is 5.67. The topological polar surface area (TPSA) is 44.8 Å². The maximum absolute atomic E-state index is 11.1. The van der Waals surface area contributed by atoms with Crippen molar-refractivity contribution < 1.29 is 19.0 Å². The number of esters is 1. The maximum Gasteiger partial charge on any atom is 0.308 e. The molecule has 0 radical (unpaired) electrons. The van der Waals surface area contributed by atoms with Gasteiger partial charge in [0, 0.05) is 6.92 Å². The highest BCUT2D eigenvalue weighted by atomic mass is 16.5. The Hall–Kier alpha value is -2.49. The van der Waals surface area contributed by atoms with Crippen LogP contribution in [-0.2, 0) is 4.79 Å². The molecule has 0 aromatic heterocycles. The highest BCUT2D eigenvalue weighted by Crippen LogP contribution is 2.36.